The first-order valence-corrected chi connectivity index (χ1v) is 12.5. The Balaban J connectivity index is 1.41. The lowest BCUT2D eigenvalue weighted by Gasteiger charge is -2.34. The molecule has 2 aliphatic rings. The summed E-state index contributed by atoms with van der Waals surface area (Å²) in [6.45, 7) is 7.29. The average molecular weight is 431 g/mol. The van der Waals surface area contributed by atoms with Crippen LogP contribution in [0.25, 0.3) is 0 Å². The minimum atomic E-state index is 0.135. The number of aliphatic imine (C=N–C) groups is 1. The van der Waals surface area contributed by atoms with E-state index < -0.39 is 0 Å². The number of nitrogens with one attached hydrogen (secondary N) is 2. The minimum Gasteiger partial charge on any atom is -0.356 e. The molecule has 1 aliphatic heterocycles. The van der Waals surface area contributed by atoms with Crippen molar-refractivity contribution >= 4 is 23.6 Å². The monoisotopic (exact) mass is 430 g/mol. The molecule has 0 aromatic heterocycles. The molecule has 1 saturated heterocycles. The van der Waals surface area contributed by atoms with Gasteiger partial charge in [0.25, 0.3) is 0 Å². The molecule has 2 N–H and O–H groups in total. The third kappa shape index (κ3) is 6.93. The van der Waals surface area contributed by atoms with Gasteiger partial charge in [0.2, 0.25) is 5.91 Å². The van der Waals surface area contributed by atoms with Crippen LogP contribution in [-0.4, -0.2) is 61.0 Å². The Bertz CT molecular complexity index is 692. The Morgan fingerprint density at radius 2 is 1.80 bits per heavy atom. The summed E-state index contributed by atoms with van der Waals surface area (Å²) in [5.74, 6) is 3.65. The zero-order valence-corrected chi connectivity index (χ0v) is 19.6. The Morgan fingerprint density at radius 1 is 1.13 bits per heavy atom. The Morgan fingerprint density at radius 3 is 2.43 bits per heavy atom. The fraction of sp³-hybridized carbons (Fsp3) is 0.667. The summed E-state index contributed by atoms with van der Waals surface area (Å²) < 4.78 is 0. The minimum absolute atomic E-state index is 0.135. The summed E-state index contributed by atoms with van der Waals surface area (Å²) in [6.07, 6.45) is 5.06. The first-order valence-electron chi connectivity index (χ1n) is 11.3. The van der Waals surface area contributed by atoms with Crippen LogP contribution >= 0.6 is 11.8 Å². The van der Waals surface area contributed by atoms with Gasteiger partial charge in [-0.05, 0) is 43.1 Å². The number of carbonyl (C=O) groups excluding carboxylic acids is 1. The molecule has 1 heterocycles. The first-order chi connectivity index (χ1) is 14.5. The molecule has 3 rings (SSSR count). The van der Waals surface area contributed by atoms with Gasteiger partial charge in [0.05, 0.1) is 0 Å². The second kappa shape index (κ2) is 11.1. The van der Waals surface area contributed by atoms with E-state index in [2.05, 4.69) is 64.7 Å². The van der Waals surface area contributed by atoms with E-state index in [-0.39, 0.29) is 11.3 Å². The van der Waals surface area contributed by atoms with Gasteiger partial charge in [-0.25, -0.2) is 0 Å². The van der Waals surface area contributed by atoms with Crippen LogP contribution in [0, 0.1) is 11.3 Å². The second-order valence-corrected chi connectivity index (χ2v) is 10.6. The van der Waals surface area contributed by atoms with Gasteiger partial charge in [-0.3, -0.25) is 9.79 Å². The average Bonchev–Trinajstić information content (AvgIpc) is 2.77. The summed E-state index contributed by atoms with van der Waals surface area (Å²) in [5.41, 5.74) is 1.50. The molecule has 0 atom stereocenters. The van der Waals surface area contributed by atoms with Crippen molar-refractivity contribution in [3.05, 3.63) is 35.9 Å². The van der Waals surface area contributed by atoms with Gasteiger partial charge < -0.3 is 15.5 Å². The summed E-state index contributed by atoms with van der Waals surface area (Å²) in [4.78, 5) is 19.3. The van der Waals surface area contributed by atoms with Crippen molar-refractivity contribution in [2.75, 3.05) is 38.2 Å². The van der Waals surface area contributed by atoms with Gasteiger partial charge in [-0.1, -0.05) is 44.2 Å². The molecule has 6 heteroatoms. The SMILES string of the molecule is CN=C(NCC(C)(C)Cc1ccccc1)NC1CCC(C(=O)N2CCSCC2)CC1. The lowest BCUT2D eigenvalue weighted by molar-refractivity contribution is -0.136. The molecule has 0 radical (unpaired) electrons. The molecule has 1 aliphatic carbocycles. The van der Waals surface area contributed by atoms with Crippen LogP contribution in [0.15, 0.2) is 35.3 Å². The number of amides is 1. The van der Waals surface area contributed by atoms with Gasteiger partial charge in [0.15, 0.2) is 5.96 Å². The van der Waals surface area contributed by atoms with Crippen LogP contribution in [0.4, 0.5) is 0 Å². The van der Waals surface area contributed by atoms with Crippen LogP contribution in [0.1, 0.15) is 45.1 Å². The van der Waals surface area contributed by atoms with Gasteiger partial charge in [-0.2, -0.15) is 11.8 Å². The lowest BCUT2D eigenvalue weighted by Crippen LogP contribution is -2.49. The topological polar surface area (TPSA) is 56.7 Å². The molecule has 1 aromatic carbocycles. The second-order valence-electron chi connectivity index (χ2n) is 9.38. The predicted molar refractivity (Wildman–Crippen MR) is 128 cm³/mol. The number of hydrogen-bond donors (Lipinski definition) is 2. The molecule has 0 spiro atoms. The maximum absolute atomic E-state index is 12.8. The van der Waals surface area contributed by atoms with Crippen molar-refractivity contribution in [3.63, 3.8) is 0 Å². The van der Waals surface area contributed by atoms with Crippen molar-refractivity contribution in [2.45, 2.75) is 52.0 Å². The maximum Gasteiger partial charge on any atom is 0.225 e. The number of carbonyl (C=O) groups is 1. The van der Waals surface area contributed by atoms with E-state index >= 15 is 0 Å². The van der Waals surface area contributed by atoms with Crippen LogP contribution in [0.2, 0.25) is 0 Å². The predicted octanol–water partition coefficient (Wildman–Crippen LogP) is 3.55. The molecule has 1 aromatic rings. The number of hydrogen-bond acceptors (Lipinski definition) is 3. The molecule has 1 amide bonds. The number of thioether (sulfide) groups is 1. The van der Waals surface area contributed by atoms with E-state index in [0.717, 1.165) is 69.2 Å². The van der Waals surface area contributed by atoms with Gasteiger partial charge in [0.1, 0.15) is 0 Å². The van der Waals surface area contributed by atoms with Gasteiger partial charge in [0, 0.05) is 50.1 Å². The molecule has 5 nitrogen and oxygen atoms in total. The highest BCUT2D eigenvalue weighted by atomic mass is 32.2. The molecule has 0 bridgehead atoms. The van der Waals surface area contributed by atoms with Crippen molar-refractivity contribution in [3.8, 4) is 0 Å². The van der Waals surface area contributed by atoms with E-state index in [0.29, 0.717) is 11.9 Å². The van der Waals surface area contributed by atoms with Crippen LogP contribution < -0.4 is 10.6 Å². The Kier molecular flexibility index (Phi) is 8.49. The summed E-state index contributed by atoms with van der Waals surface area (Å²) in [6, 6.07) is 11.0. The number of nitrogens with zero attached hydrogens (tertiary/aromatic N) is 2. The highest BCUT2D eigenvalue weighted by molar-refractivity contribution is 7.99. The molecule has 1 saturated carbocycles. The third-order valence-corrected chi connectivity index (χ3v) is 7.17. The summed E-state index contributed by atoms with van der Waals surface area (Å²) >= 11 is 1.95. The zero-order chi connectivity index (χ0) is 21.4. The van der Waals surface area contributed by atoms with E-state index in [9.17, 15) is 4.79 Å². The maximum atomic E-state index is 12.8. The smallest absolute Gasteiger partial charge is 0.225 e. The highest BCUT2D eigenvalue weighted by Crippen LogP contribution is 2.27. The van der Waals surface area contributed by atoms with Crippen molar-refractivity contribution in [2.24, 2.45) is 16.3 Å². The molecule has 166 valence electrons. The van der Waals surface area contributed by atoms with E-state index in [4.69, 9.17) is 0 Å². The first kappa shape index (κ1) is 23.0. The fourth-order valence-electron chi connectivity index (χ4n) is 4.45. The fourth-order valence-corrected chi connectivity index (χ4v) is 5.35. The summed E-state index contributed by atoms with van der Waals surface area (Å²) in [5, 5.41) is 7.12. The molecule has 0 unspecified atom stereocenters. The normalized spacial score (nSPS) is 23.2. The van der Waals surface area contributed by atoms with Crippen LogP contribution in [-0.2, 0) is 11.2 Å². The standard InChI is InChI=1S/C24H38N4OS/c1-24(2,17-19-7-5-4-6-8-19)18-26-23(25-3)27-21-11-9-20(10-12-21)22(29)28-13-15-30-16-14-28/h4-8,20-21H,9-18H2,1-3H3,(H2,25,26,27). The quantitative estimate of drug-likeness (QED) is 0.535. The molecule has 2 fully saturated rings. The highest BCUT2D eigenvalue weighted by Gasteiger charge is 2.30. The Hall–Kier alpha value is -1.69. The summed E-state index contributed by atoms with van der Waals surface area (Å²) in [7, 11) is 1.84. The number of rotatable bonds is 6. The van der Waals surface area contributed by atoms with E-state index in [1.807, 2.05) is 18.8 Å². The third-order valence-electron chi connectivity index (χ3n) is 6.22. The van der Waals surface area contributed by atoms with Crippen molar-refractivity contribution in [1.29, 1.82) is 0 Å². The Labute approximate surface area is 186 Å². The number of benzene rings is 1. The van der Waals surface area contributed by atoms with Crippen LogP contribution in [0.5, 0.6) is 0 Å². The van der Waals surface area contributed by atoms with E-state index in [1.165, 1.54) is 5.56 Å². The van der Waals surface area contributed by atoms with Gasteiger partial charge in [-0.15, -0.1) is 0 Å². The van der Waals surface area contributed by atoms with Crippen LogP contribution in [0.3, 0.4) is 0 Å². The molecule has 30 heavy (non-hydrogen) atoms. The molecular formula is C24H38N4OS. The number of guanidine groups is 1. The lowest BCUT2D eigenvalue weighted by atomic mass is 9.85. The van der Waals surface area contributed by atoms with E-state index in [1.54, 1.807) is 0 Å². The largest absolute Gasteiger partial charge is 0.356 e. The molecular weight excluding hydrogens is 392 g/mol. The van der Waals surface area contributed by atoms with Gasteiger partial charge >= 0.3 is 0 Å². The van der Waals surface area contributed by atoms with Crippen molar-refractivity contribution < 1.29 is 4.79 Å². The van der Waals surface area contributed by atoms with Crippen molar-refractivity contribution in [1.82, 2.24) is 15.5 Å². The zero-order valence-electron chi connectivity index (χ0n) is 18.8.